The standard InChI is InChI=1S/C39H34N2/c1-38-19-33(39(2,21-38)32-15-14-31-29(35(32)38)11-8-22-7-4-16-40-36(22)31)26-18-25-9-10-28-30(37(25)41-20-26)13-12-27-23-5-3-6-24(17-23)34(27)28/h4,7-16,18,20,23-24,33H,3,5-6,17,19,21H2,1-2H3. The summed E-state index contributed by atoms with van der Waals surface area (Å²) >= 11 is 0. The number of aromatic nitrogens is 2. The van der Waals surface area contributed by atoms with E-state index in [-0.39, 0.29) is 10.8 Å². The highest BCUT2D eigenvalue weighted by molar-refractivity contribution is 6.08. The van der Waals surface area contributed by atoms with E-state index >= 15 is 0 Å². The van der Waals surface area contributed by atoms with Gasteiger partial charge in [0.05, 0.1) is 11.0 Å². The minimum absolute atomic E-state index is 0.113. The molecule has 0 N–H and O–H groups in total. The monoisotopic (exact) mass is 530 g/mol. The average Bonchev–Trinajstić information content (AvgIpc) is 3.54. The van der Waals surface area contributed by atoms with E-state index in [1.807, 2.05) is 12.3 Å². The number of rotatable bonds is 1. The van der Waals surface area contributed by atoms with Gasteiger partial charge in [-0.1, -0.05) is 74.9 Å². The Balaban J connectivity index is 1.11. The molecule has 4 bridgehead atoms. The topological polar surface area (TPSA) is 25.8 Å². The van der Waals surface area contributed by atoms with Crippen molar-refractivity contribution in [1.29, 1.82) is 0 Å². The van der Waals surface area contributed by atoms with Gasteiger partial charge in [-0.05, 0) is 106 Å². The Morgan fingerprint density at radius 2 is 1.54 bits per heavy atom. The summed E-state index contributed by atoms with van der Waals surface area (Å²) in [5.41, 5.74) is 10.4. The van der Waals surface area contributed by atoms with Crippen LogP contribution >= 0.6 is 0 Å². The van der Waals surface area contributed by atoms with Gasteiger partial charge in [0, 0.05) is 39.4 Å². The molecule has 4 aliphatic carbocycles. The number of nitrogens with zero attached hydrogens (tertiary/aromatic N) is 2. The maximum absolute atomic E-state index is 5.23. The van der Waals surface area contributed by atoms with E-state index in [4.69, 9.17) is 9.97 Å². The third-order valence-electron chi connectivity index (χ3n) is 12.0. The summed E-state index contributed by atoms with van der Waals surface area (Å²) < 4.78 is 0. The number of hydrogen-bond acceptors (Lipinski definition) is 2. The molecule has 0 spiro atoms. The molecule has 2 aromatic heterocycles. The van der Waals surface area contributed by atoms with Crippen LogP contribution in [-0.4, -0.2) is 9.97 Å². The van der Waals surface area contributed by atoms with Gasteiger partial charge in [-0.2, -0.15) is 0 Å². The van der Waals surface area contributed by atoms with Crippen LogP contribution < -0.4 is 0 Å². The third kappa shape index (κ3) is 2.79. The number of pyridine rings is 2. The Morgan fingerprint density at radius 3 is 2.49 bits per heavy atom. The SMILES string of the molecule is CC12CC(c3cnc4c(ccc5c6c(ccc54)C4CCCC6C4)c3)C(C)(C1)c1ccc3c(ccc4cccnc43)c12. The summed E-state index contributed by atoms with van der Waals surface area (Å²) in [5, 5.41) is 8.03. The average molecular weight is 531 g/mol. The Kier molecular flexibility index (Phi) is 4.20. The molecule has 5 atom stereocenters. The molecule has 6 aromatic rings. The van der Waals surface area contributed by atoms with Crippen LogP contribution in [0.3, 0.4) is 0 Å². The maximum Gasteiger partial charge on any atom is 0.0780 e. The molecule has 0 amide bonds. The number of hydrogen-bond donors (Lipinski definition) is 0. The largest absolute Gasteiger partial charge is 0.256 e. The smallest absolute Gasteiger partial charge is 0.0780 e. The van der Waals surface area contributed by atoms with E-state index in [1.54, 1.807) is 22.3 Å². The molecule has 0 radical (unpaired) electrons. The zero-order chi connectivity index (χ0) is 27.1. The van der Waals surface area contributed by atoms with Crippen molar-refractivity contribution in [3.63, 3.8) is 0 Å². The molecule has 200 valence electrons. The van der Waals surface area contributed by atoms with Crippen molar-refractivity contribution in [3.05, 3.63) is 107 Å². The van der Waals surface area contributed by atoms with E-state index in [9.17, 15) is 0 Å². The van der Waals surface area contributed by atoms with Gasteiger partial charge >= 0.3 is 0 Å². The van der Waals surface area contributed by atoms with Crippen molar-refractivity contribution in [3.8, 4) is 0 Å². The molecule has 2 heterocycles. The molecule has 2 fully saturated rings. The summed E-state index contributed by atoms with van der Waals surface area (Å²) in [4.78, 5) is 10.0. The van der Waals surface area contributed by atoms with Gasteiger partial charge in [0.15, 0.2) is 0 Å². The molecular weight excluding hydrogens is 496 g/mol. The number of fused-ring (bicyclic) bond motifs is 18. The van der Waals surface area contributed by atoms with Crippen molar-refractivity contribution in [2.45, 2.75) is 81.0 Å². The molecule has 41 heavy (non-hydrogen) atoms. The van der Waals surface area contributed by atoms with Crippen molar-refractivity contribution in [1.82, 2.24) is 9.97 Å². The molecule has 5 unspecified atom stereocenters. The van der Waals surface area contributed by atoms with Crippen LogP contribution in [0.4, 0.5) is 0 Å². The molecule has 2 saturated carbocycles. The molecule has 4 aromatic carbocycles. The summed E-state index contributed by atoms with van der Waals surface area (Å²) in [7, 11) is 0. The Bertz CT molecular complexity index is 2120. The lowest BCUT2D eigenvalue weighted by molar-refractivity contribution is 0.436. The van der Waals surface area contributed by atoms with E-state index in [0.717, 1.165) is 17.4 Å². The van der Waals surface area contributed by atoms with Crippen molar-refractivity contribution >= 4 is 43.4 Å². The molecule has 10 rings (SSSR count). The molecule has 4 aliphatic rings. The van der Waals surface area contributed by atoms with Gasteiger partial charge in [0.1, 0.15) is 0 Å². The van der Waals surface area contributed by atoms with Crippen LogP contribution in [0.15, 0.2) is 79.1 Å². The highest BCUT2D eigenvalue weighted by Crippen LogP contribution is 2.67. The zero-order valence-electron chi connectivity index (χ0n) is 23.9. The van der Waals surface area contributed by atoms with E-state index in [0.29, 0.717) is 5.92 Å². The van der Waals surface area contributed by atoms with Crippen LogP contribution in [0.1, 0.15) is 97.9 Å². The highest BCUT2D eigenvalue weighted by Gasteiger charge is 2.59. The normalized spacial score (nSPS) is 29.6. The second-order valence-corrected chi connectivity index (χ2v) is 14.3. The summed E-state index contributed by atoms with van der Waals surface area (Å²) in [6.45, 7) is 5.03. The molecule has 0 aliphatic heterocycles. The Morgan fingerprint density at radius 1 is 0.756 bits per heavy atom. The first kappa shape index (κ1) is 22.9. The van der Waals surface area contributed by atoms with E-state index < -0.39 is 0 Å². The fraction of sp³-hybridized carbons (Fsp3) is 0.333. The van der Waals surface area contributed by atoms with Gasteiger partial charge in [-0.3, -0.25) is 9.97 Å². The van der Waals surface area contributed by atoms with Crippen molar-refractivity contribution in [2.75, 3.05) is 0 Å². The van der Waals surface area contributed by atoms with Gasteiger partial charge in [-0.15, -0.1) is 0 Å². The second kappa shape index (κ2) is 7.53. The Hall–Kier alpha value is -3.78. The fourth-order valence-electron chi connectivity index (χ4n) is 10.5. The predicted molar refractivity (Wildman–Crippen MR) is 169 cm³/mol. The molecule has 0 saturated heterocycles. The van der Waals surface area contributed by atoms with E-state index in [1.165, 1.54) is 81.9 Å². The van der Waals surface area contributed by atoms with E-state index in [2.05, 4.69) is 80.7 Å². The van der Waals surface area contributed by atoms with Gasteiger partial charge in [0.2, 0.25) is 0 Å². The molecule has 2 heteroatoms. The minimum Gasteiger partial charge on any atom is -0.256 e. The highest BCUT2D eigenvalue weighted by atomic mass is 14.7. The first-order chi connectivity index (χ1) is 20.0. The second-order valence-electron chi connectivity index (χ2n) is 14.3. The van der Waals surface area contributed by atoms with Gasteiger partial charge in [0.25, 0.3) is 0 Å². The number of benzene rings is 4. The van der Waals surface area contributed by atoms with Crippen LogP contribution in [0, 0.1) is 0 Å². The fourth-order valence-corrected chi connectivity index (χ4v) is 10.5. The van der Waals surface area contributed by atoms with Crippen LogP contribution in [0.2, 0.25) is 0 Å². The quantitative estimate of drug-likeness (QED) is 0.198. The first-order valence-corrected chi connectivity index (χ1v) is 15.7. The minimum atomic E-state index is 0.113. The van der Waals surface area contributed by atoms with Crippen LogP contribution in [0.5, 0.6) is 0 Å². The predicted octanol–water partition coefficient (Wildman–Crippen LogP) is 9.95. The summed E-state index contributed by atoms with van der Waals surface area (Å²) in [5.74, 6) is 2.01. The first-order valence-electron chi connectivity index (χ1n) is 15.7. The summed E-state index contributed by atoms with van der Waals surface area (Å²) in [6, 6.07) is 25.7. The lowest BCUT2D eigenvalue weighted by atomic mass is 9.67. The van der Waals surface area contributed by atoms with Crippen LogP contribution in [-0.2, 0) is 10.8 Å². The summed E-state index contributed by atoms with van der Waals surface area (Å²) in [6.07, 6.45) is 12.0. The van der Waals surface area contributed by atoms with Crippen molar-refractivity contribution < 1.29 is 0 Å². The zero-order valence-corrected chi connectivity index (χ0v) is 23.9. The van der Waals surface area contributed by atoms with Gasteiger partial charge in [-0.25, -0.2) is 0 Å². The lowest BCUT2D eigenvalue weighted by Gasteiger charge is -2.36. The lowest BCUT2D eigenvalue weighted by Crippen LogP contribution is -2.27. The van der Waals surface area contributed by atoms with Gasteiger partial charge < -0.3 is 0 Å². The third-order valence-corrected chi connectivity index (χ3v) is 12.0. The van der Waals surface area contributed by atoms with Crippen molar-refractivity contribution in [2.24, 2.45) is 0 Å². The molecule has 2 nitrogen and oxygen atoms in total. The molecular formula is C39H34N2. The van der Waals surface area contributed by atoms with Crippen LogP contribution in [0.25, 0.3) is 43.4 Å². The Labute approximate surface area is 240 Å². The maximum atomic E-state index is 5.23.